The Labute approximate surface area is 221 Å². The summed E-state index contributed by atoms with van der Waals surface area (Å²) in [7, 11) is 0. The number of nitrogens with zero attached hydrogens (tertiary/aromatic N) is 3. The first-order valence-electron chi connectivity index (χ1n) is 11.3. The first kappa shape index (κ1) is 27.1. The number of thioether (sulfide) groups is 1. The van der Waals surface area contributed by atoms with Crippen LogP contribution >= 0.6 is 35.0 Å². The molecule has 0 aliphatic rings. The summed E-state index contributed by atoms with van der Waals surface area (Å²) in [5, 5.41) is 12.9. The number of nitrogens with one attached hydrogen (secondary N) is 1. The van der Waals surface area contributed by atoms with Crippen molar-refractivity contribution in [1.29, 1.82) is 0 Å². The second kappa shape index (κ2) is 12.5. The lowest BCUT2D eigenvalue weighted by Crippen LogP contribution is -2.15. The molecule has 0 fully saturated rings. The summed E-state index contributed by atoms with van der Waals surface area (Å²) in [6, 6.07) is 13.2. The summed E-state index contributed by atoms with van der Waals surface area (Å²) in [5.74, 6) is 1.70. The maximum Gasteiger partial charge on any atom is 0.234 e. The molecular formula is C26H30Cl2N4O2S. The lowest BCUT2D eigenvalue weighted by Gasteiger charge is -2.19. The number of ether oxygens (including phenoxy) is 1. The quantitative estimate of drug-likeness (QED) is 0.167. The SMILES string of the molecule is C=CCn1c(CCCOc2ccc(C(C)(C)C)cc2)nnc1SCC(=O)Nc1ccc(Cl)c(Cl)c1. The molecule has 0 unspecified atom stereocenters. The van der Waals surface area contributed by atoms with Crippen molar-refractivity contribution in [2.24, 2.45) is 0 Å². The van der Waals surface area contributed by atoms with Gasteiger partial charge in [-0.25, -0.2) is 0 Å². The van der Waals surface area contributed by atoms with Gasteiger partial charge in [0.05, 0.1) is 22.4 Å². The molecule has 0 aliphatic heterocycles. The van der Waals surface area contributed by atoms with Crippen molar-refractivity contribution in [2.75, 3.05) is 17.7 Å². The van der Waals surface area contributed by atoms with Gasteiger partial charge in [-0.05, 0) is 47.7 Å². The Morgan fingerprint density at radius 2 is 1.89 bits per heavy atom. The molecule has 3 aromatic rings. The summed E-state index contributed by atoms with van der Waals surface area (Å²) < 4.78 is 7.87. The maximum atomic E-state index is 12.4. The first-order valence-corrected chi connectivity index (χ1v) is 13.1. The van der Waals surface area contributed by atoms with Crippen molar-refractivity contribution >= 4 is 46.6 Å². The van der Waals surface area contributed by atoms with Crippen LogP contribution in [0.25, 0.3) is 0 Å². The van der Waals surface area contributed by atoms with Crippen molar-refractivity contribution in [3.63, 3.8) is 0 Å². The second-order valence-electron chi connectivity index (χ2n) is 8.99. The van der Waals surface area contributed by atoms with Gasteiger partial charge in [-0.2, -0.15) is 0 Å². The first-order chi connectivity index (χ1) is 16.7. The van der Waals surface area contributed by atoms with E-state index in [9.17, 15) is 4.79 Å². The molecule has 35 heavy (non-hydrogen) atoms. The normalized spacial score (nSPS) is 11.3. The van der Waals surface area contributed by atoms with E-state index in [1.54, 1.807) is 24.3 Å². The lowest BCUT2D eigenvalue weighted by atomic mass is 9.87. The predicted octanol–water partition coefficient (Wildman–Crippen LogP) is 6.81. The monoisotopic (exact) mass is 532 g/mol. The Morgan fingerprint density at radius 3 is 2.54 bits per heavy atom. The van der Waals surface area contributed by atoms with Gasteiger partial charge in [-0.15, -0.1) is 16.8 Å². The lowest BCUT2D eigenvalue weighted by molar-refractivity contribution is -0.113. The molecule has 0 aliphatic carbocycles. The number of aryl methyl sites for hydroxylation is 1. The van der Waals surface area contributed by atoms with E-state index in [0.29, 0.717) is 40.5 Å². The molecule has 9 heteroatoms. The fraction of sp³-hybridized carbons (Fsp3) is 0.346. The summed E-state index contributed by atoms with van der Waals surface area (Å²) in [4.78, 5) is 12.4. The third-order valence-corrected chi connectivity index (χ3v) is 6.88. The highest BCUT2D eigenvalue weighted by molar-refractivity contribution is 7.99. The highest BCUT2D eigenvalue weighted by atomic mass is 35.5. The minimum atomic E-state index is -0.172. The fourth-order valence-corrected chi connectivity index (χ4v) is 4.36. The van der Waals surface area contributed by atoms with Gasteiger partial charge in [0.1, 0.15) is 11.6 Å². The highest BCUT2D eigenvalue weighted by Gasteiger charge is 2.15. The van der Waals surface area contributed by atoms with Crippen LogP contribution in [-0.4, -0.2) is 33.0 Å². The number of carbonyl (C=O) groups is 1. The molecule has 2 aromatic carbocycles. The molecule has 0 spiro atoms. The number of allylic oxidation sites excluding steroid dienone is 1. The zero-order valence-electron chi connectivity index (χ0n) is 20.2. The number of benzene rings is 2. The van der Waals surface area contributed by atoms with Gasteiger partial charge in [-0.1, -0.05) is 73.9 Å². The summed E-state index contributed by atoms with van der Waals surface area (Å²) >= 11 is 13.3. The van der Waals surface area contributed by atoms with Crippen LogP contribution in [-0.2, 0) is 23.2 Å². The van der Waals surface area contributed by atoms with Gasteiger partial charge in [0.15, 0.2) is 5.16 Å². The van der Waals surface area contributed by atoms with E-state index in [-0.39, 0.29) is 17.1 Å². The van der Waals surface area contributed by atoms with E-state index >= 15 is 0 Å². The molecule has 1 amide bonds. The van der Waals surface area contributed by atoms with E-state index in [2.05, 4.69) is 55.0 Å². The molecule has 0 atom stereocenters. The average molecular weight is 534 g/mol. The van der Waals surface area contributed by atoms with E-state index < -0.39 is 0 Å². The van der Waals surface area contributed by atoms with Crippen LogP contribution in [0.5, 0.6) is 5.75 Å². The van der Waals surface area contributed by atoms with Gasteiger partial charge in [0, 0.05) is 18.7 Å². The van der Waals surface area contributed by atoms with Crippen LogP contribution in [0.1, 0.15) is 38.6 Å². The van der Waals surface area contributed by atoms with E-state index in [1.807, 2.05) is 16.7 Å². The van der Waals surface area contributed by atoms with Gasteiger partial charge in [0.2, 0.25) is 5.91 Å². The highest BCUT2D eigenvalue weighted by Crippen LogP contribution is 2.26. The molecule has 6 nitrogen and oxygen atoms in total. The van der Waals surface area contributed by atoms with Crippen LogP contribution in [0, 0.1) is 0 Å². The van der Waals surface area contributed by atoms with Crippen molar-refractivity contribution in [3.8, 4) is 5.75 Å². The molecule has 3 rings (SSSR count). The number of amides is 1. The molecule has 0 saturated carbocycles. The largest absolute Gasteiger partial charge is 0.494 e. The van der Waals surface area contributed by atoms with E-state index in [4.69, 9.17) is 27.9 Å². The number of hydrogen-bond acceptors (Lipinski definition) is 5. The topological polar surface area (TPSA) is 69.0 Å². The molecular weight excluding hydrogens is 503 g/mol. The molecule has 1 aromatic heterocycles. The number of aromatic nitrogens is 3. The number of halogens is 2. The average Bonchev–Trinajstić information content (AvgIpc) is 3.19. The van der Waals surface area contributed by atoms with Gasteiger partial charge >= 0.3 is 0 Å². The smallest absolute Gasteiger partial charge is 0.234 e. The molecule has 0 radical (unpaired) electrons. The summed E-state index contributed by atoms with van der Waals surface area (Å²) in [6.45, 7) is 11.5. The van der Waals surface area contributed by atoms with Crippen molar-refractivity contribution < 1.29 is 9.53 Å². The van der Waals surface area contributed by atoms with Crippen LogP contribution in [0.3, 0.4) is 0 Å². The Hall–Kier alpha value is -2.48. The van der Waals surface area contributed by atoms with E-state index in [1.165, 1.54) is 17.3 Å². The zero-order chi connectivity index (χ0) is 25.4. The van der Waals surface area contributed by atoms with Crippen LogP contribution in [0.4, 0.5) is 5.69 Å². The minimum absolute atomic E-state index is 0.119. The van der Waals surface area contributed by atoms with Crippen molar-refractivity contribution in [1.82, 2.24) is 14.8 Å². The zero-order valence-corrected chi connectivity index (χ0v) is 22.5. The number of hydrogen-bond donors (Lipinski definition) is 1. The molecule has 0 saturated heterocycles. The third kappa shape index (κ3) is 8.02. The standard InChI is InChI=1S/C26H30Cl2N4O2S/c1-5-14-32-23(7-6-15-34-20-11-8-18(9-12-20)26(2,3)4)30-31-25(32)35-17-24(33)29-19-10-13-21(27)22(28)16-19/h5,8-13,16H,1,6-7,14-15,17H2,2-4H3,(H,29,33). The van der Waals surface area contributed by atoms with E-state index in [0.717, 1.165) is 18.0 Å². The number of anilines is 1. The van der Waals surface area contributed by atoms with Gasteiger partial charge in [0.25, 0.3) is 0 Å². The van der Waals surface area contributed by atoms with Gasteiger partial charge < -0.3 is 14.6 Å². The molecule has 186 valence electrons. The summed E-state index contributed by atoms with van der Waals surface area (Å²) in [5.41, 5.74) is 1.98. The van der Waals surface area contributed by atoms with Crippen LogP contribution in [0.15, 0.2) is 60.3 Å². The van der Waals surface area contributed by atoms with Gasteiger partial charge in [-0.3, -0.25) is 4.79 Å². The number of carbonyl (C=O) groups excluding carboxylic acids is 1. The van der Waals surface area contributed by atoms with Crippen LogP contribution < -0.4 is 10.1 Å². The predicted molar refractivity (Wildman–Crippen MR) is 145 cm³/mol. The maximum absolute atomic E-state index is 12.4. The molecule has 1 N–H and O–H groups in total. The Balaban J connectivity index is 1.50. The Kier molecular flexibility index (Phi) is 9.66. The van der Waals surface area contributed by atoms with Crippen molar-refractivity contribution in [2.45, 2.75) is 50.7 Å². The third-order valence-electron chi connectivity index (χ3n) is 5.17. The summed E-state index contributed by atoms with van der Waals surface area (Å²) in [6.07, 6.45) is 3.29. The number of rotatable bonds is 11. The minimum Gasteiger partial charge on any atom is -0.494 e. The second-order valence-corrected chi connectivity index (χ2v) is 10.7. The van der Waals surface area contributed by atoms with Crippen molar-refractivity contribution in [3.05, 3.63) is 76.6 Å². The fourth-order valence-electron chi connectivity index (χ4n) is 3.30. The van der Waals surface area contributed by atoms with Crippen LogP contribution in [0.2, 0.25) is 10.0 Å². The molecule has 1 heterocycles. The Morgan fingerprint density at radius 1 is 1.14 bits per heavy atom. The Bertz CT molecular complexity index is 1160. The molecule has 0 bridgehead atoms.